The Morgan fingerprint density at radius 1 is 1.38 bits per heavy atom. The average Bonchev–Trinajstić information content (AvgIpc) is 2.19. The van der Waals surface area contributed by atoms with Crippen LogP contribution in [0.3, 0.4) is 0 Å². The van der Waals surface area contributed by atoms with Gasteiger partial charge in [0, 0.05) is 6.42 Å². The van der Waals surface area contributed by atoms with E-state index < -0.39 is 6.10 Å². The van der Waals surface area contributed by atoms with Gasteiger partial charge in [-0.15, -0.1) is 6.42 Å². The molecule has 1 nitrogen and oxygen atoms in total. The molecule has 0 aliphatic carbocycles. The number of rotatable bonds is 3. The third-order valence-electron chi connectivity index (χ3n) is 1.66. The highest BCUT2D eigenvalue weighted by Gasteiger charge is 1.92. The lowest BCUT2D eigenvalue weighted by Gasteiger charge is -1.96. The third-order valence-corrected chi connectivity index (χ3v) is 1.66. The summed E-state index contributed by atoms with van der Waals surface area (Å²) < 4.78 is 0. The monoisotopic (exact) mass is 172 g/mol. The second kappa shape index (κ2) is 5.18. The second-order valence-electron chi connectivity index (χ2n) is 2.73. The molecule has 0 saturated carbocycles. The average molecular weight is 172 g/mol. The summed E-state index contributed by atoms with van der Waals surface area (Å²) in [6.07, 6.45) is 8.68. The molecule has 1 aromatic carbocycles. The van der Waals surface area contributed by atoms with Crippen molar-refractivity contribution in [2.24, 2.45) is 0 Å². The van der Waals surface area contributed by atoms with Gasteiger partial charge in [-0.25, -0.2) is 0 Å². The zero-order valence-electron chi connectivity index (χ0n) is 7.35. The molecular formula is C12H12O. The molecule has 0 bridgehead atoms. The summed E-state index contributed by atoms with van der Waals surface area (Å²) in [6.45, 7) is 0. The van der Waals surface area contributed by atoms with Crippen LogP contribution in [0.4, 0.5) is 0 Å². The molecule has 1 rings (SSSR count). The van der Waals surface area contributed by atoms with Crippen molar-refractivity contribution in [1.29, 1.82) is 0 Å². The number of terminal acetylenes is 1. The lowest BCUT2D eigenvalue weighted by Crippen LogP contribution is -1.98. The molecule has 0 fully saturated rings. The van der Waals surface area contributed by atoms with E-state index in [4.69, 9.17) is 11.5 Å². The van der Waals surface area contributed by atoms with Crippen LogP contribution in [-0.4, -0.2) is 11.2 Å². The molecule has 0 spiro atoms. The van der Waals surface area contributed by atoms with Gasteiger partial charge in [-0.3, -0.25) is 0 Å². The molecule has 0 amide bonds. The summed E-state index contributed by atoms with van der Waals surface area (Å²) in [5, 5.41) is 9.05. The Balaban J connectivity index is 2.47. The fraction of sp³-hybridized carbons (Fsp3) is 0.167. The molecule has 1 atom stereocenters. The zero-order valence-corrected chi connectivity index (χ0v) is 7.35. The highest BCUT2D eigenvalue weighted by atomic mass is 16.3. The SMILES string of the molecule is C#C[C@H](O)C/C=C/c1ccccc1. The van der Waals surface area contributed by atoms with E-state index in [1.54, 1.807) is 0 Å². The summed E-state index contributed by atoms with van der Waals surface area (Å²) in [4.78, 5) is 0. The topological polar surface area (TPSA) is 20.2 Å². The van der Waals surface area contributed by atoms with Crippen LogP contribution in [0.2, 0.25) is 0 Å². The Hall–Kier alpha value is -1.52. The first-order valence-corrected chi connectivity index (χ1v) is 4.18. The normalized spacial score (nSPS) is 12.6. The molecule has 1 N–H and O–H groups in total. The van der Waals surface area contributed by atoms with Gasteiger partial charge in [-0.05, 0) is 5.56 Å². The van der Waals surface area contributed by atoms with Gasteiger partial charge in [0.05, 0.1) is 0 Å². The van der Waals surface area contributed by atoms with Crippen LogP contribution in [-0.2, 0) is 0 Å². The first kappa shape index (κ1) is 9.57. The Labute approximate surface area is 78.7 Å². The van der Waals surface area contributed by atoms with Gasteiger partial charge in [-0.2, -0.15) is 0 Å². The van der Waals surface area contributed by atoms with Crippen LogP contribution < -0.4 is 0 Å². The minimum absolute atomic E-state index is 0.505. The van der Waals surface area contributed by atoms with Crippen molar-refractivity contribution in [2.75, 3.05) is 0 Å². The maximum Gasteiger partial charge on any atom is 0.117 e. The van der Waals surface area contributed by atoms with E-state index in [2.05, 4.69) is 5.92 Å². The van der Waals surface area contributed by atoms with E-state index in [-0.39, 0.29) is 0 Å². The minimum atomic E-state index is -0.667. The van der Waals surface area contributed by atoms with Crippen molar-refractivity contribution < 1.29 is 5.11 Å². The van der Waals surface area contributed by atoms with Gasteiger partial charge >= 0.3 is 0 Å². The molecule has 1 aromatic rings. The maximum atomic E-state index is 9.05. The van der Waals surface area contributed by atoms with Gasteiger partial charge in [0.1, 0.15) is 6.10 Å². The number of aliphatic hydroxyl groups excluding tert-OH is 1. The molecule has 0 aliphatic rings. The number of hydrogen-bond donors (Lipinski definition) is 1. The van der Waals surface area contributed by atoms with Gasteiger partial charge in [0.15, 0.2) is 0 Å². The molecule has 66 valence electrons. The summed E-state index contributed by atoms with van der Waals surface area (Å²) in [5.74, 6) is 2.26. The largest absolute Gasteiger partial charge is 0.380 e. The second-order valence-corrected chi connectivity index (χ2v) is 2.73. The third kappa shape index (κ3) is 3.59. The predicted octanol–water partition coefficient (Wildman–Crippen LogP) is 2.08. The van der Waals surface area contributed by atoms with Crippen LogP contribution in [0, 0.1) is 12.3 Å². The van der Waals surface area contributed by atoms with E-state index >= 15 is 0 Å². The number of hydrogen-bond acceptors (Lipinski definition) is 1. The number of aliphatic hydroxyl groups is 1. The minimum Gasteiger partial charge on any atom is -0.380 e. The van der Waals surface area contributed by atoms with Crippen molar-refractivity contribution in [3.8, 4) is 12.3 Å². The molecule has 1 heteroatoms. The van der Waals surface area contributed by atoms with Crippen LogP contribution in [0.1, 0.15) is 12.0 Å². The van der Waals surface area contributed by atoms with Crippen LogP contribution in [0.5, 0.6) is 0 Å². The lowest BCUT2D eigenvalue weighted by atomic mass is 10.2. The molecule has 0 saturated heterocycles. The van der Waals surface area contributed by atoms with Crippen molar-refractivity contribution >= 4 is 6.08 Å². The van der Waals surface area contributed by atoms with Gasteiger partial charge in [0.25, 0.3) is 0 Å². The van der Waals surface area contributed by atoms with E-state index in [0.29, 0.717) is 6.42 Å². The van der Waals surface area contributed by atoms with Crippen LogP contribution >= 0.6 is 0 Å². The quantitative estimate of drug-likeness (QED) is 0.692. The summed E-state index contributed by atoms with van der Waals surface area (Å²) in [6, 6.07) is 9.90. The van der Waals surface area contributed by atoms with Crippen molar-refractivity contribution in [1.82, 2.24) is 0 Å². The fourth-order valence-corrected chi connectivity index (χ4v) is 0.965. The molecule has 0 radical (unpaired) electrons. The predicted molar refractivity (Wildman–Crippen MR) is 54.9 cm³/mol. The molecule has 0 aliphatic heterocycles. The van der Waals surface area contributed by atoms with Gasteiger partial charge in [0.2, 0.25) is 0 Å². The van der Waals surface area contributed by atoms with E-state index in [1.807, 2.05) is 42.5 Å². The molecule has 0 heterocycles. The van der Waals surface area contributed by atoms with Gasteiger partial charge in [-0.1, -0.05) is 48.4 Å². The Kier molecular flexibility index (Phi) is 3.81. The Morgan fingerprint density at radius 2 is 2.08 bits per heavy atom. The zero-order chi connectivity index (χ0) is 9.52. The summed E-state index contributed by atoms with van der Waals surface area (Å²) >= 11 is 0. The van der Waals surface area contributed by atoms with Crippen molar-refractivity contribution in [3.05, 3.63) is 42.0 Å². The fourth-order valence-electron chi connectivity index (χ4n) is 0.965. The molecule has 0 aromatic heterocycles. The summed E-state index contributed by atoms with van der Waals surface area (Å²) in [5.41, 5.74) is 1.12. The van der Waals surface area contributed by atoms with E-state index in [9.17, 15) is 0 Å². The first-order valence-electron chi connectivity index (χ1n) is 4.18. The highest BCUT2D eigenvalue weighted by Crippen LogP contribution is 2.02. The molecular weight excluding hydrogens is 160 g/mol. The number of benzene rings is 1. The molecule has 13 heavy (non-hydrogen) atoms. The lowest BCUT2D eigenvalue weighted by molar-refractivity contribution is 0.237. The van der Waals surface area contributed by atoms with E-state index in [0.717, 1.165) is 5.56 Å². The summed E-state index contributed by atoms with van der Waals surface area (Å²) in [7, 11) is 0. The van der Waals surface area contributed by atoms with Crippen molar-refractivity contribution in [2.45, 2.75) is 12.5 Å². The van der Waals surface area contributed by atoms with Gasteiger partial charge < -0.3 is 5.11 Å². The van der Waals surface area contributed by atoms with E-state index in [1.165, 1.54) is 0 Å². The smallest absolute Gasteiger partial charge is 0.117 e. The Morgan fingerprint density at radius 3 is 2.69 bits per heavy atom. The van der Waals surface area contributed by atoms with Crippen LogP contribution in [0.15, 0.2) is 36.4 Å². The Bertz CT molecular complexity index is 306. The highest BCUT2D eigenvalue weighted by molar-refractivity contribution is 5.48. The van der Waals surface area contributed by atoms with Crippen molar-refractivity contribution in [3.63, 3.8) is 0 Å². The maximum absolute atomic E-state index is 9.05. The molecule has 0 unspecified atom stereocenters. The first-order chi connectivity index (χ1) is 6.33. The van der Waals surface area contributed by atoms with Crippen LogP contribution in [0.25, 0.3) is 6.08 Å². The standard InChI is InChI=1S/C12H12O/c1-2-12(13)10-6-9-11-7-4-3-5-8-11/h1,3-9,12-13H,10H2/b9-6+/t12-/m0/s1.